The minimum atomic E-state index is -4.13. The molecule has 9 heteroatoms. The van der Waals surface area contributed by atoms with Crippen molar-refractivity contribution in [1.82, 2.24) is 0 Å². The van der Waals surface area contributed by atoms with Crippen molar-refractivity contribution in [3.05, 3.63) is 0 Å². The molecule has 2 unspecified atom stereocenters. The third-order valence-electron chi connectivity index (χ3n) is 1.59. The van der Waals surface area contributed by atoms with Crippen LogP contribution in [0.2, 0.25) is 13.8 Å². The quantitative estimate of drug-likeness (QED) is 0.240. The zero-order valence-corrected chi connectivity index (χ0v) is 22.3. The summed E-state index contributed by atoms with van der Waals surface area (Å²) in [4.78, 5) is 18.5. The molecule has 84 valence electrons. The van der Waals surface area contributed by atoms with Gasteiger partial charge < -0.3 is 0 Å². The van der Waals surface area contributed by atoms with Crippen molar-refractivity contribution >= 4 is 8.17 Å². The first kappa shape index (κ1) is 13.2. The summed E-state index contributed by atoms with van der Waals surface area (Å²) in [7, 11) is -4.13. The Kier molecular flexibility index (Phi) is 5.12. The van der Waals surface area contributed by atoms with Crippen LogP contribution in [0.1, 0.15) is 0 Å². The van der Waals surface area contributed by atoms with E-state index in [2.05, 4.69) is 0 Å². The van der Waals surface area contributed by atoms with Crippen LogP contribution >= 0.6 is 8.17 Å². The maximum absolute atomic E-state index is 9.27. The Hall–Kier alpha value is -1.81. The predicted molar refractivity (Wildman–Crippen MR) is 46.3 cm³/mol. The van der Waals surface area contributed by atoms with Crippen LogP contribution in [0.3, 0.4) is 0 Å². The summed E-state index contributed by atoms with van der Waals surface area (Å²) in [6, 6.07) is 0. The van der Waals surface area contributed by atoms with E-state index in [1.807, 2.05) is 0 Å². The van der Waals surface area contributed by atoms with Gasteiger partial charge in [-0.15, -0.1) is 0 Å². The van der Waals surface area contributed by atoms with E-state index in [-0.39, 0.29) is 13.2 Å². The van der Waals surface area contributed by atoms with Gasteiger partial charge in [0, 0.05) is 0 Å². The van der Waals surface area contributed by atoms with Crippen LogP contribution < -0.4 is 0 Å². The van der Waals surface area contributed by atoms with E-state index in [0.717, 1.165) is 0 Å². The molecular formula is C6H15O6PRf2. The van der Waals surface area contributed by atoms with Gasteiger partial charge in [-0.05, 0) is 0 Å². The number of rotatable bonds is 8. The standard InChI is InChI=1S/C6H15O6P.2Rf/c1-5(7)3-11-13(9,10)12-4-6(2)8;;/h5-10,13H,1-4H2;;. The Bertz CT molecular complexity index is 156. The van der Waals surface area contributed by atoms with E-state index in [0.29, 0.717) is 13.8 Å². The van der Waals surface area contributed by atoms with Crippen molar-refractivity contribution in [3.8, 4) is 0 Å². The molecule has 0 fully saturated rings. The minimum absolute atomic E-state index is 0.117. The summed E-state index contributed by atoms with van der Waals surface area (Å²) in [6.45, 7) is 1.12. The van der Waals surface area contributed by atoms with Crippen molar-refractivity contribution in [2.45, 2.75) is 26.1 Å². The molecule has 0 saturated carbocycles. The molecule has 2 atom stereocenters. The molecule has 4 N–H and O–H groups in total. The molecule has 0 aromatic carbocycles. The van der Waals surface area contributed by atoms with Crippen LogP contribution in [0.15, 0.2) is 0 Å². The van der Waals surface area contributed by atoms with Crippen LogP contribution in [-0.4, -0.2) is 45.4 Å². The van der Waals surface area contributed by atoms with Crippen molar-refractivity contribution in [2.75, 3.05) is 13.2 Å². The Labute approximate surface area is 77.4 Å². The molecule has 0 heterocycles. The number of aliphatic hydroxyl groups is 2. The molecular weight excluding hydrogens is 733 g/mol. The van der Waals surface area contributed by atoms with Gasteiger partial charge in [0.15, 0.2) is 0 Å². The van der Waals surface area contributed by atoms with Gasteiger partial charge in [0.2, 0.25) is 0 Å². The van der Waals surface area contributed by atoms with Crippen LogP contribution in [0.5, 0.6) is 0 Å². The Morgan fingerprint density at radius 3 is 1.53 bits per heavy atom. The number of aliphatic hydroxyl groups excluding tert-OH is 2. The van der Waals surface area contributed by atoms with Gasteiger partial charge in [-0.2, -0.15) is 0 Å². The van der Waals surface area contributed by atoms with E-state index in [4.69, 9.17) is 9.05 Å². The fourth-order valence-corrected chi connectivity index (χ4v) is 3.03. The second-order valence-corrected chi connectivity index (χ2v) is 9.95. The van der Waals surface area contributed by atoms with Gasteiger partial charge in [0.1, 0.15) is 0 Å². The first-order chi connectivity index (χ1) is 6.91. The SMILES string of the molecule is OC([CH2][Rf])CO[PH](O)(O)OCC(O)[CH2][Rf]. The number of hydrogen-bond acceptors (Lipinski definition) is 6. The molecule has 0 aromatic rings. The molecule has 0 spiro atoms. The topological polar surface area (TPSA) is 99.4 Å². The first-order valence-electron chi connectivity index (χ1n) is 4.58. The van der Waals surface area contributed by atoms with Crippen molar-refractivity contribution in [2.24, 2.45) is 0 Å². The van der Waals surface area contributed by atoms with Gasteiger partial charge >= 0.3 is 76.5 Å². The molecule has 0 saturated heterocycles. The average molecular weight is 748 g/mol. The molecule has 0 radical (unpaired) electrons. The zero-order chi connectivity index (χ0) is 11.9. The van der Waals surface area contributed by atoms with Crippen LogP contribution in [0, 0.1) is 0 Å². The molecule has 0 aromatic heterocycles. The molecule has 6 nitrogen and oxygen atoms in total. The first-order valence-corrected chi connectivity index (χ1v) is 15.3. The van der Waals surface area contributed by atoms with Crippen LogP contribution in [-0.2, 0) is 9.05 Å². The van der Waals surface area contributed by atoms with Crippen molar-refractivity contribution in [3.63, 3.8) is 0 Å². The van der Waals surface area contributed by atoms with Crippen LogP contribution in [0.25, 0.3) is 0 Å². The van der Waals surface area contributed by atoms with Gasteiger partial charge in [-0.3, -0.25) is 0 Å². The molecule has 0 bridgehead atoms. The van der Waals surface area contributed by atoms with Gasteiger partial charge in [-0.25, -0.2) is 0 Å². The second kappa shape index (κ2) is 5.82. The zero-order valence-electron chi connectivity index (χ0n) is 8.50. The summed E-state index contributed by atoms with van der Waals surface area (Å²) < 4.78 is 10.1. The third kappa shape index (κ3) is 6.29. The van der Waals surface area contributed by atoms with Crippen LogP contribution in [0.4, 0.5) is 0 Å². The third-order valence-corrected chi connectivity index (χ3v) is 8.71. The fourth-order valence-electron chi connectivity index (χ4n) is 0.618. The van der Waals surface area contributed by atoms with Crippen molar-refractivity contribution in [1.29, 1.82) is 0 Å². The molecule has 0 amide bonds. The Balaban J connectivity index is 3.75. The fraction of sp³-hybridized carbons (Fsp3) is 1.00. The monoisotopic (exact) mass is 748 g/mol. The van der Waals surface area contributed by atoms with E-state index >= 15 is 0 Å². The molecule has 0 aliphatic carbocycles. The predicted octanol–water partition coefficient (Wildman–Crippen LogP) is -0.929. The van der Waals surface area contributed by atoms with E-state index in [1.165, 1.54) is 0 Å². The molecule has 0 aliphatic heterocycles. The molecule has 15 heavy (non-hydrogen) atoms. The molecule has 0 aliphatic rings. The second-order valence-electron chi connectivity index (χ2n) is 3.06. The number of hydrogen-bond donors (Lipinski definition) is 4. The molecule has 0 rings (SSSR count). The van der Waals surface area contributed by atoms with Gasteiger partial charge in [0.05, 0.1) is 0 Å². The summed E-state index contributed by atoms with van der Waals surface area (Å²) in [5.74, 6) is 0. The summed E-state index contributed by atoms with van der Waals surface area (Å²) in [6.07, 6.45) is -1.27. The van der Waals surface area contributed by atoms with Gasteiger partial charge in [-0.1, -0.05) is 0 Å². The Morgan fingerprint density at radius 2 is 1.27 bits per heavy atom. The van der Waals surface area contributed by atoms with E-state index < -0.39 is 20.4 Å². The average Bonchev–Trinajstić information content (AvgIpc) is 2.22. The van der Waals surface area contributed by atoms with Crippen molar-refractivity contribution < 1.29 is 29.0 Å². The normalized spacial score (nSPS) is 17.6. The summed E-state index contributed by atoms with van der Waals surface area (Å²) in [5, 5.41) is 18.4. The van der Waals surface area contributed by atoms with Gasteiger partial charge in [0.25, 0.3) is 0 Å². The summed E-state index contributed by atoms with van der Waals surface area (Å²) >= 11 is 0. The van der Waals surface area contributed by atoms with E-state index in [1.54, 1.807) is 0 Å². The maximum atomic E-state index is 9.27. The van der Waals surface area contributed by atoms with E-state index in [9.17, 15) is 20.0 Å². The Morgan fingerprint density at radius 1 is 0.933 bits per heavy atom. The summed E-state index contributed by atoms with van der Waals surface area (Å²) in [5.41, 5.74) is 0.